The molecule has 2 aromatic heterocycles. The molecule has 0 radical (unpaired) electrons. The summed E-state index contributed by atoms with van der Waals surface area (Å²) in [5.74, 6) is -1.27. The van der Waals surface area contributed by atoms with Gasteiger partial charge in [-0.15, -0.1) is 11.3 Å². The number of H-pyrrole nitrogens is 1. The van der Waals surface area contributed by atoms with Gasteiger partial charge in [-0.3, -0.25) is 9.89 Å². The number of aromatic nitrogens is 3. The minimum Gasteiger partial charge on any atom is -0.476 e. The third-order valence-electron chi connectivity index (χ3n) is 2.16. The summed E-state index contributed by atoms with van der Waals surface area (Å²) in [4.78, 5) is 26.1. The van der Waals surface area contributed by atoms with E-state index in [4.69, 9.17) is 5.11 Å². The molecule has 2 aromatic rings. The number of nitrogens with one attached hydrogen (secondary N) is 2. The van der Waals surface area contributed by atoms with Gasteiger partial charge in [0.05, 0.1) is 16.8 Å². The molecule has 0 aromatic carbocycles. The van der Waals surface area contributed by atoms with Gasteiger partial charge in [0, 0.05) is 24.5 Å². The van der Waals surface area contributed by atoms with Crippen molar-refractivity contribution in [1.29, 1.82) is 0 Å². The molecule has 2 heterocycles. The van der Waals surface area contributed by atoms with E-state index >= 15 is 0 Å². The lowest BCUT2D eigenvalue weighted by atomic mass is 10.3. The molecule has 0 unspecified atom stereocenters. The minimum absolute atomic E-state index is 0.0381. The molecule has 0 aliphatic carbocycles. The lowest BCUT2D eigenvalue weighted by Gasteiger charge is -2.00. The number of amides is 1. The highest BCUT2D eigenvalue weighted by atomic mass is 32.1. The van der Waals surface area contributed by atoms with Gasteiger partial charge in [0.25, 0.3) is 5.91 Å². The Morgan fingerprint density at radius 2 is 2.33 bits per heavy atom. The van der Waals surface area contributed by atoms with Crippen molar-refractivity contribution < 1.29 is 14.7 Å². The second-order valence-corrected chi connectivity index (χ2v) is 4.37. The molecule has 8 heteroatoms. The summed E-state index contributed by atoms with van der Waals surface area (Å²) in [6.45, 7) is 0.399. The van der Waals surface area contributed by atoms with Crippen LogP contribution in [0.1, 0.15) is 25.9 Å². The largest absolute Gasteiger partial charge is 0.476 e. The number of carboxylic acid groups (broad SMARTS) is 1. The summed E-state index contributed by atoms with van der Waals surface area (Å²) in [7, 11) is 0. The van der Waals surface area contributed by atoms with Crippen molar-refractivity contribution in [3.63, 3.8) is 0 Å². The third-order valence-corrected chi connectivity index (χ3v) is 3.06. The van der Waals surface area contributed by atoms with Gasteiger partial charge in [0.1, 0.15) is 0 Å². The van der Waals surface area contributed by atoms with Crippen molar-refractivity contribution in [3.8, 4) is 0 Å². The maximum Gasteiger partial charge on any atom is 0.355 e. The van der Waals surface area contributed by atoms with E-state index in [-0.39, 0.29) is 11.6 Å². The summed E-state index contributed by atoms with van der Waals surface area (Å²) >= 11 is 1.27. The van der Waals surface area contributed by atoms with Gasteiger partial charge in [-0.25, -0.2) is 9.78 Å². The molecule has 7 nitrogen and oxygen atoms in total. The first kappa shape index (κ1) is 12.2. The van der Waals surface area contributed by atoms with E-state index in [1.165, 1.54) is 29.1 Å². The summed E-state index contributed by atoms with van der Waals surface area (Å²) in [5.41, 5.74) is 0.497. The maximum absolute atomic E-state index is 11.5. The van der Waals surface area contributed by atoms with Gasteiger partial charge in [-0.1, -0.05) is 0 Å². The monoisotopic (exact) mass is 266 g/mol. The number of aromatic carboxylic acids is 1. The molecule has 0 spiro atoms. The number of carboxylic acids is 1. The Morgan fingerprint density at radius 3 is 2.94 bits per heavy atom. The molecular formula is C10H10N4O3S. The molecule has 18 heavy (non-hydrogen) atoms. The second-order valence-electron chi connectivity index (χ2n) is 3.42. The Morgan fingerprint density at radius 1 is 1.50 bits per heavy atom. The summed E-state index contributed by atoms with van der Waals surface area (Å²) in [6.07, 6.45) is 3.43. The molecule has 0 aliphatic heterocycles. The van der Waals surface area contributed by atoms with Crippen LogP contribution in [0.25, 0.3) is 0 Å². The molecule has 0 saturated carbocycles. The highest BCUT2D eigenvalue weighted by Gasteiger charge is 2.09. The van der Waals surface area contributed by atoms with Gasteiger partial charge in [-0.05, 0) is 0 Å². The number of carbonyl (C=O) groups excluding carboxylic acids is 1. The summed E-state index contributed by atoms with van der Waals surface area (Å²) in [5, 5.41) is 19.8. The van der Waals surface area contributed by atoms with Crippen LogP contribution in [0, 0.1) is 0 Å². The summed E-state index contributed by atoms with van der Waals surface area (Å²) < 4.78 is 0. The molecule has 1 amide bonds. The fourth-order valence-corrected chi connectivity index (χ4v) is 2.06. The van der Waals surface area contributed by atoms with Crippen molar-refractivity contribution in [3.05, 3.63) is 34.0 Å². The quantitative estimate of drug-likeness (QED) is 0.732. The molecule has 2 rings (SSSR count). The predicted octanol–water partition coefficient (Wildman–Crippen LogP) is 0.537. The lowest BCUT2D eigenvalue weighted by Crippen LogP contribution is -2.25. The normalized spacial score (nSPS) is 10.2. The Kier molecular flexibility index (Phi) is 3.68. The van der Waals surface area contributed by atoms with Gasteiger partial charge in [0.2, 0.25) is 0 Å². The van der Waals surface area contributed by atoms with Crippen molar-refractivity contribution in [2.45, 2.75) is 6.42 Å². The predicted molar refractivity (Wildman–Crippen MR) is 63.7 cm³/mol. The first-order valence-corrected chi connectivity index (χ1v) is 5.99. The van der Waals surface area contributed by atoms with Crippen LogP contribution in [0.2, 0.25) is 0 Å². The SMILES string of the molecule is O=C(NCCc1nc(C(=O)O)cs1)c1cn[nH]c1. The molecular weight excluding hydrogens is 256 g/mol. The topological polar surface area (TPSA) is 108 Å². The van der Waals surface area contributed by atoms with E-state index in [2.05, 4.69) is 20.5 Å². The molecule has 3 N–H and O–H groups in total. The number of hydrogen-bond acceptors (Lipinski definition) is 5. The Bertz CT molecular complexity index is 549. The number of thiazole rings is 1. The molecule has 0 aliphatic rings. The highest BCUT2D eigenvalue weighted by Crippen LogP contribution is 2.09. The van der Waals surface area contributed by atoms with Gasteiger partial charge in [-0.2, -0.15) is 5.10 Å². The standard InChI is InChI=1S/C10H10N4O3S/c15-9(6-3-12-13-4-6)11-2-1-8-14-7(5-18-8)10(16)17/h3-5H,1-2H2,(H,11,15)(H,12,13)(H,16,17). The zero-order valence-corrected chi connectivity index (χ0v) is 10.0. The van der Waals surface area contributed by atoms with E-state index in [1.807, 2.05) is 0 Å². The molecule has 94 valence electrons. The first-order chi connectivity index (χ1) is 8.66. The average molecular weight is 266 g/mol. The third kappa shape index (κ3) is 2.92. The number of rotatable bonds is 5. The first-order valence-electron chi connectivity index (χ1n) is 5.11. The number of hydrogen-bond donors (Lipinski definition) is 3. The van der Waals surface area contributed by atoms with E-state index in [1.54, 1.807) is 0 Å². The fraction of sp³-hybridized carbons (Fsp3) is 0.200. The number of carbonyl (C=O) groups is 2. The smallest absolute Gasteiger partial charge is 0.355 e. The van der Waals surface area contributed by atoms with Crippen LogP contribution in [0.15, 0.2) is 17.8 Å². The zero-order chi connectivity index (χ0) is 13.0. The average Bonchev–Trinajstić information content (AvgIpc) is 3.00. The number of aromatic amines is 1. The van der Waals surface area contributed by atoms with Gasteiger partial charge >= 0.3 is 5.97 Å². The van der Waals surface area contributed by atoms with Crippen molar-refractivity contribution in [1.82, 2.24) is 20.5 Å². The molecule has 0 bridgehead atoms. The lowest BCUT2D eigenvalue weighted by molar-refractivity contribution is 0.0690. The second kappa shape index (κ2) is 5.41. The molecule has 0 fully saturated rings. The van der Waals surface area contributed by atoms with Gasteiger partial charge in [0.15, 0.2) is 5.69 Å². The van der Waals surface area contributed by atoms with Crippen LogP contribution in [0.4, 0.5) is 0 Å². The van der Waals surface area contributed by atoms with Crippen LogP contribution in [-0.4, -0.2) is 38.7 Å². The van der Waals surface area contributed by atoms with Crippen molar-refractivity contribution in [2.24, 2.45) is 0 Å². The highest BCUT2D eigenvalue weighted by molar-refractivity contribution is 7.09. The van der Waals surface area contributed by atoms with Crippen molar-refractivity contribution >= 4 is 23.2 Å². The van der Waals surface area contributed by atoms with Crippen LogP contribution < -0.4 is 5.32 Å². The zero-order valence-electron chi connectivity index (χ0n) is 9.21. The minimum atomic E-state index is -1.04. The summed E-state index contributed by atoms with van der Waals surface area (Å²) in [6, 6.07) is 0. The van der Waals surface area contributed by atoms with Gasteiger partial charge < -0.3 is 10.4 Å². The molecule has 0 saturated heterocycles. The van der Waals surface area contributed by atoms with Crippen LogP contribution in [0.5, 0.6) is 0 Å². The van der Waals surface area contributed by atoms with E-state index in [9.17, 15) is 9.59 Å². The Balaban J connectivity index is 1.81. The van der Waals surface area contributed by atoms with E-state index in [0.29, 0.717) is 23.5 Å². The van der Waals surface area contributed by atoms with Crippen LogP contribution >= 0.6 is 11.3 Å². The van der Waals surface area contributed by atoms with Crippen LogP contribution in [0.3, 0.4) is 0 Å². The van der Waals surface area contributed by atoms with Crippen LogP contribution in [-0.2, 0) is 6.42 Å². The Labute approximate surface area is 106 Å². The van der Waals surface area contributed by atoms with Crippen molar-refractivity contribution in [2.75, 3.05) is 6.54 Å². The molecule has 0 atom stereocenters. The fourth-order valence-electron chi connectivity index (χ4n) is 1.28. The van der Waals surface area contributed by atoms with E-state index in [0.717, 1.165) is 0 Å². The maximum atomic E-state index is 11.5. The van der Waals surface area contributed by atoms with E-state index < -0.39 is 5.97 Å². The Hall–Kier alpha value is -2.22. The number of nitrogens with zero attached hydrogens (tertiary/aromatic N) is 2.